The van der Waals surface area contributed by atoms with E-state index in [4.69, 9.17) is 9.15 Å². The van der Waals surface area contributed by atoms with Gasteiger partial charge in [-0.05, 0) is 19.1 Å². The summed E-state index contributed by atoms with van der Waals surface area (Å²) in [5, 5.41) is 0. The van der Waals surface area contributed by atoms with Crippen molar-refractivity contribution in [2.45, 2.75) is 6.92 Å². The average Bonchev–Trinajstić information content (AvgIpc) is 2.65. The van der Waals surface area contributed by atoms with Gasteiger partial charge in [0, 0.05) is 25.8 Å². The lowest BCUT2D eigenvalue weighted by molar-refractivity contribution is -0.141. The first-order valence-corrected chi connectivity index (χ1v) is 5.99. The van der Waals surface area contributed by atoms with Gasteiger partial charge in [0.2, 0.25) is 0 Å². The molecule has 2 rings (SSSR count). The number of anilines is 1. The Morgan fingerprint density at radius 1 is 1.47 bits per heavy atom. The summed E-state index contributed by atoms with van der Waals surface area (Å²) in [6, 6.07) is 5.35. The topological polar surface area (TPSA) is 64.7 Å². The van der Waals surface area contributed by atoms with Crippen LogP contribution < -0.4 is 10.7 Å². The Morgan fingerprint density at radius 3 is 2.89 bits per heavy atom. The van der Waals surface area contributed by atoms with E-state index in [0.29, 0.717) is 12.2 Å². The normalized spacial score (nSPS) is 10.7. The van der Waals surface area contributed by atoms with Crippen LogP contribution in [0, 0.1) is 0 Å². The van der Waals surface area contributed by atoms with E-state index in [9.17, 15) is 9.59 Å². The molecule has 0 saturated carbocycles. The summed E-state index contributed by atoms with van der Waals surface area (Å²) in [5.41, 5.74) is 2.01. The monoisotopic (exact) mass is 264 g/mol. The van der Waals surface area contributed by atoms with Crippen LogP contribution in [0.1, 0.15) is 6.92 Å². The molecule has 0 fully saturated rings. The van der Waals surface area contributed by atoms with Crippen molar-refractivity contribution in [3.05, 3.63) is 28.7 Å². The summed E-state index contributed by atoms with van der Waals surface area (Å²) >= 11 is 0. The van der Waals surface area contributed by atoms with E-state index in [1.54, 1.807) is 38.1 Å². The highest BCUT2D eigenvalue weighted by Gasteiger charge is 2.11. The maximum atomic E-state index is 11.4. The lowest BCUT2D eigenvalue weighted by atomic mass is 10.2. The fourth-order valence-electron chi connectivity index (χ4n) is 1.85. The van der Waals surface area contributed by atoms with Crippen molar-refractivity contribution in [1.29, 1.82) is 0 Å². The first-order chi connectivity index (χ1) is 9.02. The molecule has 0 radical (unpaired) electrons. The first-order valence-electron chi connectivity index (χ1n) is 5.99. The van der Waals surface area contributed by atoms with E-state index in [0.717, 1.165) is 11.2 Å². The van der Waals surface area contributed by atoms with E-state index in [2.05, 4.69) is 0 Å². The van der Waals surface area contributed by atoms with Gasteiger partial charge in [0.1, 0.15) is 6.54 Å². The van der Waals surface area contributed by atoms with Gasteiger partial charge in [0.15, 0.2) is 5.58 Å². The minimum atomic E-state index is -0.403. The number of aryl methyl sites for hydroxylation is 1. The molecule has 0 aliphatic rings. The second-order valence-corrected chi connectivity index (χ2v) is 4.24. The number of ether oxygens (including phenoxy) is 1. The molecule has 2 aromatic rings. The number of benzene rings is 1. The highest BCUT2D eigenvalue weighted by atomic mass is 16.5. The number of rotatable bonds is 4. The Bertz CT molecular complexity index is 656. The van der Waals surface area contributed by atoms with Gasteiger partial charge in [-0.15, -0.1) is 0 Å². The summed E-state index contributed by atoms with van der Waals surface area (Å²) in [7, 11) is 3.43. The number of aromatic nitrogens is 1. The van der Waals surface area contributed by atoms with E-state index >= 15 is 0 Å². The van der Waals surface area contributed by atoms with Crippen LogP contribution in [0.4, 0.5) is 5.69 Å². The van der Waals surface area contributed by atoms with E-state index in [1.165, 1.54) is 4.57 Å². The molecule has 0 aliphatic heterocycles. The van der Waals surface area contributed by atoms with Gasteiger partial charge in [-0.3, -0.25) is 9.36 Å². The van der Waals surface area contributed by atoms with E-state index in [1.807, 2.05) is 6.07 Å². The number of nitrogens with zero attached hydrogens (tertiary/aromatic N) is 2. The Labute approximate surface area is 110 Å². The lowest BCUT2D eigenvalue weighted by Gasteiger charge is -2.17. The fraction of sp³-hybridized carbons (Fsp3) is 0.385. The number of likely N-dealkylation sites (N-methyl/N-ethyl adjacent to an activating group) is 1. The summed E-state index contributed by atoms with van der Waals surface area (Å²) in [6.45, 7) is 2.28. The second kappa shape index (κ2) is 5.17. The maximum Gasteiger partial charge on any atom is 0.419 e. The SMILES string of the molecule is CCOC(=O)CN(C)c1ccc2c(c1)oc(=O)n2C. The molecule has 0 aliphatic carbocycles. The minimum absolute atomic E-state index is 0.149. The van der Waals surface area contributed by atoms with Crippen molar-refractivity contribution in [2.75, 3.05) is 25.1 Å². The van der Waals surface area contributed by atoms with Crippen LogP contribution in [0.3, 0.4) is 0 Å². The van der Waals surface area contributed by atoms with Crippen molar-refractivity contribution >= 4 is 22.8 Å². The highest BCUT2D eigenvalue weighted by molar-refractivity contribution is 5.80. The van der Waals surface area contributed by atoms with Crippen LogP contribution in [0.2, 0.25) is 0 Å². The molecular weight excluding hydrogens is 248 g/mol. The molecule has 6 nitrogen and oxygen atoms in total. The molecule has 6 heteroatoms. The van der Waals surface area contributed by atoms with E-state index in [-0.39, 0.29) is 12.5 Å². The van der Waals surface area contributed by atoms with Crippen molar-refractivity contribution in [3.8, 4) is 0 Å². The van der Waals surface area contributed by atoms with Crippen LogP contribution in [0.25, 0.3) is 11.1 Å². The molecular formula is C13H16N2O4. The van der Waals surface area contributed by atoms with Gasteiger partial charge >= 0.3 is 11.7 Å². The lowest BCUT2D eigenvalue weighted by Crippen LogP contribution is -2.27. The third-order valence-electron chi connectivity index (χ3n) is 2.89. The fourth-order valence-corrected chi connectivity index (χ4v) is 1.85. The predicted octanol–water partition coefficient (Wildman–Crippen LogP) is 1.13. The molecule has 0 spiro atoms. The van der Waals surface area contributed by atoms with Crippen LogP contribution in [0.15, 0.2) is 27.4 Å². The number of esters is 1. The van der Waals surface area contributed by atoms with Gasteiger partial charge < -0.3 is 14.1 Å². The van der Waals surface area contributed by atoms with Crippen molar-refractivity contribution in [3.63, 3.8) is 0 Å². The molecule has 19 heavy (non-hydrogen) atoms. The molecule has 0 amide bonds. The highest BCUT2D eigenvalue weighted by Crippen LogP contribution is 2.20. The zero-order chi connectivity index (χ0) is 14.0. The molecule has 1 heterocycles. The quantitative estimate of drug-likeness (QED) is 0.774. The number of carbonyl (C=O) groups is 1. The molecule has 1 aromatic carbocycles. The van der Waals surface area contributed by atoms with Gasteiger partial charge in [-0.1, -0.05) is 0 Å². The number of carbonyl (C=O) groups excluding carboxylic acids is 1. The molecule has 0 atom stereocenters. The van der Waals surface area contributed by atoms with Crippen LogP contribution in [-0.2, 0) is 16.6 Å². The van der Waals surface area contributed by atoms with Crippen LogP contribution in [0.5, 0.6) is 0 Å². The third-order valence-corrected chi connectivity index (χ3v) is 2.89. The largest absolute Gasteiger partial charge is 0.465 e. The number of hydrogen-bond donors (Lipinski definition) is 0. The van der Waals surface area contributed by atoms with E-state index < -0.39 is 5.76 Å². The first kappa shape index (κ1) is 13.2. The summed E-state index contributed by atoms with van der Waals surface area (Å²) in [5.74, 6) is -0.695. The standard InChI is InChI=1S/C13H16N2O4/c1-4-18-12(16)8-14(2)9-5-6-10-11(7-9)19-13(17)15(10)3/h5-7H,4,8H2,1-3H3. The summed E-state index contributed by atoms with van der Waals surface area (Å²) in [6.07, 6.45) is 0. The number of hydrogen-bond acceptors (Lipinski definition) is 5. The van der Waals surface area contributed by atoms with Crippen molar-refractivity contribution < 1.29 is 13.9 Å². The second-order valence-electron chi connectivity index (χ2n) is 4.24. The van der Waals surface area contributed by atoms with Crippen molar-refractivity contribution in [1.82, 2.24) is 4.57 Å². The maximum absolute atomic E-state index is 11.4. The molecule has 0 saturated heterocycles. The number of fused-ring (bicyclic) bond motifs is 1. The molecule has 0 unspecified atom stereocenters. The molecule has 0 N–H and O–H groups in total. The predicted molar refractivity (Wildman–Crippen MR) is 71.4 cm³/mol. The third kappa shape index (κ3) is 2.62. The Morgan fingerprint density at radius 2 is 2.21 bits per heavy atom. The van der Waals surface area contributed by atoms with Gasteiger partial charge in [-0.2, -0.15) is 0 Å². The zero-order valence-electron chi connectivity index (χ0n) is 11.2. The van der Waals surface area contributed by atoms with Gasteiger partial charge in [0.05, 0.1) is 12.1 Å². The van der Waals surface area contributed by atoms with Crippen molar-refractivity contribution in [2.24, 2.45) is 7.05 Å². The van der Waals surface area contributed by atoms with Crippen LogP contribution >= 0.6 is 0 Å². The van der Waals surface area contributed by atoms with Gasteiger partial charge in [0.25, 0.3) is 0 Å². The molecule has 102 valence electrons. The summed E-state index contributed by atoms with van der Waals surface area (Å²) in [4.78, 5) is 24.5. The number of oxazole rings is 1. The zero-order valence-corrected chi connectivity index (χ0v) is 11.2. The van der Waals surface area contributed by atoms with Crippen LogP contribution in [-0.4, -0.2) is 30.7 Å². The molecule has 0 bridgehead atoms. The molecule has 1 aromatic heterocycles. The van der Waals surface area contributed by atoms with Gasteiger partial charge in [-0.25, -0.2) is 4.79 Å². The smallest absolute Gasteiger partial charge is 0.419 e. The summed E-state index contributed by atoms with van der Waals surface area (Å²) < 4.78 is 11.4. The Hall–Kier alpha value is -2.24. The minimum Gasteiger partial charge on any atom is -0.465 e. The average molecular weight is 264 g/mol. The Kier molecular flexibility index (Phi) is 3.59. The Balaban J connectivity index is 2.25.